The fraction of sp³-hybridized carbons (Fsp3) is 0.800. The molecule has 1 aliphatic carbocycles. The second kappa shape index (κ2) is 11.3. The number of rotatable bonds is 9. The maximum Gasteiger partial charge on any atom is 0.331 e. The van der Waals surface area contributed by atoms with Crippen molar-refractivity contribution in [3.05, 3.63) is 12.2 Å². The molecule has 0 aromatic rings. The molecule has 1 rings (SSSR count). The number of carbonyl (C=O) groups excluding carboxylic acids is 2. The molecule has 0 saturated heterocycles. The molecular formula is C20H34O4. The number of ether oxygens (including phenoxy) is 2. The van der Waals surface area contributed by atoms with Crippen molar-refractivity contribution in [2.45, 2.75) is 91.3 Å². The highest BCUT2D eigenvalue weighted by Gasteiger charge is 2.26. The number of carbonyl (C=O) groups is 2. The first-order valence-corrected chi connectivity index (χ1v) is 9.55. The van der Waals surface area contributed by atoms with Gasteiger partial charge in [-0.15, -0.1) is 0 Å². The highest BCUT2D eigenvalue weighted by atomic mass is 16.5. The molecule has 0 N–H and O–H groups in total. The van der Waals surface area contributed by atoms with E-state index in [1.807, 2.05) is 6.92 Å². The van der Waals surface area contributed by atoms with Crippen LogP contribution in [0.5, 0.6) is 0 Å². The molecular weight excluding hydrogens is 304 g/mol. The van der Waals surface area contributed by atoms with Gasteiger partial charge in [0.2, 0.25) is 0 Å². The summed E-state index contributed by atoms with van der Waals surface area (Å²) in [5, 5.41) is 0. The fourth-order valence-corrected chi connectivity index (χ4v) is 3.24. The third-order valence-electron chi connectivity index (χ3n) is 5.09. The van der Waals surface area contributed by atoms with Gasteiger partial charge in [0.15, 0.2) is 0 Å². The Balaban J connectivity index is 2.27. The number of esters is 2. The zero-order chi connectivity index (χ0) is 17.9. The lowest BCUT2D eigenvalue weighted by atomic mass is 9.79. The van der Waals surface area contributed by atoms with Gasteiger partial charge in [0.1, 0.15) is 6.10 Å². The van der Waals surface area contributed by atoms with Gasteiger partial charge < -0.3 is 9.47 Å². The molecule has 0 bridgehead atoms. The van der Waals surface area contributed by atoms with Crippen molar-refractivity contribution < 1.29 is 19.1 Å². The van der Waals surface area contributed by atoms with Gasteiger partial charge >= 0.3 is 11.9 Å². The van der Waals surface area contributed by atoms with E-state index in [1.54, 1.807) is 0 Å². The summed E-state index contributed by atoms with van der Waals surface area (Å²) >= 11 is 0. The van der Waals surface area contributed by atoms with Gasteiger partial charge in [-0.25, -0.2) is 9.59 Å². The molecule has 1 saturated carbocycles. The van der Waals surface area contributed by atoms with Crippen LogP contribution in [-0.4, -0.2) is 24.1 Å². The lowest BCUT2D eigenvalue weighted by molar-refractivity contribution is -0.146. The summed E-state index contributed by atoms with van der Waals surface area (Å²) in [6.45, 7) is 8.49. The monoisotopic (exact) mass is 338 g/mol. The van der Waals surface area contributed by atoms with E-state index in [0.717, 1.165) is 56.8 Å². The minimum atomic E-state index is -0.476. The van der Waals surface area contributed by atoms with Crippen LogP contribution in [0.1, 0.15) is 79.1 Å². The Morgan fingerprint density at radius 3 is 2.25 bits per heavy atom. The van der Waals surface area contributed by atoms with Gasteiger partial charge in [-0.05, 0) is 50.9 Å². The topological polar surface area (TPSA) is 52.6 Å². The van der Waals surface area contributed by atoms with Crippen LogP contribution in [0.4, 0.5) is 0 Å². The Morgan fingerprint density at radius 2 is 1.67 bits per heavy atom. The van der Waals surface area contributed by atoms with Crippen LogP contribution in [0.3, 0.4) is 0 Å². The van der Waals surface area contributed by atoms with E-state index in [9.17, 15) is 9.59 Å². The Labute approximate surface area is 147 Å². The molecule has 1 aliphatic rings. The van der Waals surface area contributed by atoms with Crippen LogP contribution in [-0.2, 0) is 19.1 Å². The Kier molecular flexibility index (Phi) is 9.73. The summed E-state index contributed by atoms with van der Waals surface area (Å²) in [7, 11) is 0. The highest BCUT2D eigenvalue weighted by Crippen LogP contribution is 2.32. The molecule has 0 spiro atoms. The van der Waals surface area contributed by atoms with E-state index >= 15 is 0 Å². The van der Waals surface area contributed by atoms with Crippen LogP contribution in [0.15, 0.2) is 12.2 Å². The summed E-state index contributed by atoms with van der Waals surface area (Å²) in [6.07, 6.45) is 10.5. The van der Waals surface area contributed by atoms with Crippen molar-refractivity contribution in [1.82, 2.24) is 0 Å². The highest BCUT2D eigenvalue weighted by molar-refractivity contribution is 5.91. The van der Waals surface area contributed by atoms with Crippen molar-refractivity contribution in [3.63, 3.8) is 0 Å². The second-order valence-electron chi connectivity index (χ2n) is 7.08. The number of hydrogen-bond acceptors (Lipinski definition) is 4. The number of unbranched alkanes of at least 4 members (excludes halogenated alkanes) is 1. The summed E-state index contributed by atoms with van der Waals surface area (Å²) in [5.74, 6) is 0.572. The van der Waals surface area contributed by atoms with Gasteiger partial charge in [0.25, 0.3) is 0 Å². The Morgan fingerprint density at radius 1 is 1.04 bits per heavy atom. The molecule has 0 aliphatic heterocycles. The lowest BCUT2D eigenvalue weighted by Crippen LogP contribution is -2.26. The smallest absolute Gasteiger partial charge is 0.331 e. The van der Waals surface area contributed by atoms with Crippen LogP contribution in [0.2, 0.25) is 0 Å². The predicted molar refractivity (Wildman–Crippen MR) is 95.5 cm³/mol. The minimum Gasteiger partial charge on any atom is -0.460 e. The standard InChI is InChI=1S/C20H34O4/c1-5-7-8-16(4)23-19(21)13-14-20(22)24-18-11-9-17(10-12-18)15(3)6-2/h13-18H,5-12H2,1-4H3/b14-13+. The van der Waals surface area contributed by atoms with Crippen LogP contribution < -0.4 is 0 Å². The third kappa shape index (κ3) is 7.98. The first kappa shape index (κ1) is 20.7. The van der Waals surface area contributed by atoms with Gasteiger partial charge in [0, 0.05) is 12.2 Å². The van der Waals surface area contributed by atoms with Crippen molar-refractivity contribution in [1.29, 1.82) is 0 Å². The minimum absolute atomic E-state index is 0.0121. The predicted octanol–water partition coefficient (Wildman–Crippen LogP) is 4.81. The molecule has 2 unspecified atom stereocenters. The Bertz CT molecular complexity index is 408. The zero-order valence-electron chi connectivity index (χ0n) is 15.8. The van der Waals surface area contributed by atoms with Crippen LogP contribution in [0, 0.1) is 11.8 Å². The van der Waals surface area contributed by atoms with E-state index in [4.69, 9.17) is 9.47 Å². The first-order valence-electron chi connectivity index (χ1n) is 9.55. The zero-order valence-corrected chi connectivity index (χ0v) is 15.8. The Hall–Kier alpha value is -1.32. The molecule has 24 heavy (non-hydrogen) atoms. The largest absolute Gasteiger partial charge is 0.460 e. The SMILES string of the molecule is CCCCC(C)OC(=O)/C=C/C(=O)OC1CCC(C(C)CC)CC1. The molecule has 0 radical (unpaired) electrons. The molecule has 0 heterocycles. The molecule has 2 atom stereocenters. The maximum absolute atomic E-state index is 11.8. The summed E-state index contributed by atoms with van der Waals surface area (Å²) in [5.41, 5.74) is 0. The normalized spacial score (nSPS) is 23.7. The summed E-state index contributed by atoms with van der Waals surface area (Å²) in [6, 6.07) is 0. The first-order chi connectivity index (χ1) is 11.5. The van der Waals surface area contributed by atoms with Gasteiger partial charge in [-0.3, -0.25) is 0 Å². The number of hydrogen-bond donors (Lipinski definition) is 0. The van der Waals surface area contributed by atoms with Crippen molar-refractivity contribution in [3.8, 4) is 0 Å². The van der Waals surface area contributed by atoms with Crippen molar-refractivity contribution >= 4 is 11.9 Å². The molecule has 138 valence electrons. The fourth-order valence-electron chi connectivity index (χ4n) is 3.24. The van der Waals surface area contributed by atoms with Gasteiger partial charge in [-0.2, -0.15) is 0 Å². The van der Waals surface area contributed by atoms with Crippen LogP contribution >= 0.6 is 0 Å². The molecule has 4 heteroatoms. The van der Waals surface area contributed by atoms with E-state index in [2.05, 4.69) is 20.8 Å². The average Bonchev–Trinajstić information content (AvgIpc) is 2.58. The van der Waals surface area contributed by atoms with E-state index in [1.165, 1.54) is 18.6 Å². The van der Waals surface area contributed by atoms with Crippen molar-refractivity contribution in [2.75, 3.05) is 0 Å². The quantitative estimate of drug-likeness (QED) is 0.447. The van der Waals surface area contributed by atoms with Gasteiger partial charge in [-0.1, -0.05) is 40.0 Å². The maximum atomic E-state index is 11.8. The molecule has 0 amide bonds. The second-order valence-corrected chi connectivity index (χ2v) is 7.08. The average molecular weight is 338 g/mol. The van der Waals surface area contributed by atoms with E-state index < -0.39 is 11.9 Å². The van der Waals surface area contributed by atoms with Crippen molar-refractivity contribution in [2.24, 2.45) is 11.8 Å². The van der Waals surface area contributed by atoms with Gasteiger partial charge in [0.05, 0.1) is 6.10 Å². The van der Waals surface area contributed by atoms with Crippen LogP contribution in [0.25, 0.3) is 0 Å². The molecule has 0 aromatic carbocycles. The molecule has 1 fully saturated rings. The molecule has 0 aromatic heterocycles. The lowest BCUT2D eigenvalue weighted by Gasteiger charge is -2.31. The molecule has 4 nitrogen and oxygen atoms in total. The summed E-state index contributed by atoms with van der Waals surface area (Å²) in [4.78, 5) is 23.5. The third-order valence-corrected chi connectivity index (χ3v) is 5.09. The van der Waals surface area contributed by atoms with E-state index in [0.29, 0.717) is 0 Å². The summed E-state index contributed by atoms with van der Waals surface area (Å²) < 4.78 is 10.7. The van der Waals surface area contributed by atoms with E-state index in [-0.39, 0.29) is 12.2 Å².